The first kappa shape index (κ1) is 11.0. The van der Waals surface area contributed by atoms with E-state index in [0.29, 0.717) is 5.56 Å². The number of H-pyrrole nitrogens is 1. The number of aromatic amines is 1. The van der Waals surface area contributed by atoms with Gasteiger partial charge in [0.05, 0.1) is 18.6 Å². The van der Waals surface area contributed by atoms with Gasteiger partial charge in [-0.1, -0.05) is 0 Å². The lowest BCUT2D eigenvalue weighted by molar-refractivity contribution is 0.149. The Morgan fingerprint density at radius 1 is 1.64 bits per heavy atom. The molecule has 1 aromatic heterocycles. The van der Waals surface area contributed by atoms with Gasteiger partial charge in [-0.2, -0.15) is 0 Å². The number of ether oxygens (including phenoxy) is 1. The summed E-state index contributed by atoms with van der Waals surface area (Å²) in [7, 11) is 1.32. The van der Waals surface area contributed by atoms with Crippen LogP contribution in [0.5, 0.6) is 5.88 Å². The van der Waals surface area contributed by atoms with Crippen molar-refractivity contribution in [3.63, 3.8) is 0 Å². The molecule has 6 heteroatoms. The highest BCUT2D eigenvalue weighted by molar-refractivity contribution is 6.17. The van der Waals surface area contributed by atoms with Crippen LogP contribution in [0.1, 0.15) is 17.6 Å². The average Bonchev–Trinajstić information content (AvgIpc) is 2.16. The van der Waals surface area contributed by atoms with E-state index in [1.165, 1.54) is 7.11 Å². The molecular formula is C8H8ClF2NO2. The molecule has 0 saturated heterocycles. The van der Waals surface area contributed by atoms with Crippen molar-refractivity contribution in [3.05, 3.63) is 27.5 Å². The highest BCUT2D eigenvalue weighted by Gasteiger charge is 2.15. The smallest absolute Gasteiger partial charge is 0.269 e. The van der Waals surface area contributed by atoms with Crippen LogP contribution in [-0.2, 0) is 5.88 Å². The van der Waals surface area contributed by atoms with Gasteiger partial charge in [-0.3, -0.25) is 9.78 Å². The number of rotatable bonds is 3. The fourth-order valence-electron chi connectivity index (χ4n) is 1.02. The molecule has 78 valence electrons. The first-order chi connectivity index (χ1) is 6.60. The van der Waals surface area contributed by atoms with E-state index in [2.05, 4.69) is 4.98 Å². The Hall–Kier alpha value is -1.10. The standard InChI is InChI=1S/C8H8ClF2NO2/c1-14-8-4(3-9)2-5(6(10)11)7(13)12-8/h2,6H,3H2,1H3,(H,12,13). The molecule has 0 aliphatic carbocycles. The molecule has 14 heavy (non-hydrogen) atoms. The second-order valence-corrected chi connectivity index (χ2v) is 2.81. The van der Waals surface area contributed by atoms with Crippen molar-refractivity contribution in [3.8, 4) is 5.88 Å². The van der Waals surface area contributed by atoms with Crippen LogP contribution in [0, 0.1) is 0 Å². The quantitative estimate of drug-likeness (QED) is 0.797. The van der Waals surface area contributed by atoms with Crippen LogP contribution in [0.2, 0.25) is 0 Å². The summed E-state index contributed by atoms with van der Waals surface area (Å²) < 4.78 is 29.3. The maximum absolute atomic E-state index is 12.3. The Labute approximate surface area is 83.7 Å². The van der Waals surface area contributed by atoms with Crippen molar-refractivity contribution in [1.82, 2.24) is 4.98 Å². The largest absolute Gasteiger partial charge is 0.482 e. The van der Waals surface area contributed by atoms with Gasteiger partial charge in [0, 0.05) is 5.56 Å². The fraction of sp³-hybridized carbons (Fsp3) is 0.375. The van der Waals surface area contributed by atoms with E-state index in [0.717, 1.165) is 6.07 Å². The molecule has 0 aliphatic heterocycles. The number of methoxy groups -OCH3 is 1. The molecule has 1 N–H and O–H groups in total. The van der Waals surface area contributed by atoms with Gasteiger partial charge >= 0.3 is 0 Å². The minimum Gasteiger partial charge on any atom is -0.482 e. The SMILES string of the molecule is COc1[nH]c(=O)c(C(F)F)cc1CCl. The van der Waals surface area contributed by atoms with Gasteiger partial charge in [0.25, 0.3) is 12.0 Å². The maximum Gasteiger partial charge on any atom is 0.269 e. The average molecular weight is 224 g/mol. The zero-order valence-electron chi connectivity index (χ0n) is 7.31. The lowest BCUT2D eigenvalue weighted by Gasteiger charge is -2.07. The molecular weight excluding hydrogens is 216 g/mol. The van der Waals surface area contributed by atoms with Gasteiger partial charge in [-0.05, 0) is 6.07 Å². The fourth-order valence-corrected chi connectivity index (χ4v) is 1.22. The molecule has 0 radical (unpaired) electrons. The molecule has 1 rings (SSSR count). The number of alkyl halides is 3. The van der Waals surface area contributed by atoms with E-state index < -0.39 is 17.5 Å². The third-order valence-electron chi connectivity index (χ3n) is 1.69. The van der Waals surface area contributed by atoms with Gasteiger partial charge < -0.3 is 4.74 Å². The van der Waals surface area contributed by atoms with Crippen molar-refractivity contribution in [2.75, 3.05) is 7.11 Å². The van der Waals surface area contributed by atoms with Crippen molar-refractivity contribution >= 4 is 11.6 Å². The highest BCUT2D eigenvalue weighted by Crippen LogP contribution is 2.21. The number of hydrogen-bond donors (Lipinski definition) is 1. The molecule has 0 bridgehead atoms. The lowest BCUT2D eigenvalue weighted by atomic mass is 10.2. The van der Waals surface area contributed by atoms with E-state index in [-0.39, 0.29) is 11.8 Å². The molecule has 0 unspecified atom stereocenters. The van der Waals surface area contributed by atoms with E-state index in [4.69, 9.17) is 16.3 Å². The first-order valence-corrected chi connectivity index (χ1v) is 4.27. The van der Waals surface area contributed by atoms with E-state index in [9.17, 15) is 13.6 Å². The maximum atomic E-state index is 12.3. The minimum absolute atomic E-state index is 0.000324. The van der Waals surface area contributed by atoms with Gasteiger partial charge in [0.15, 0.2) is 5.88 Å². The lowest BCUT2D eigenvalue weighted by Crippen LogP contribution is -2.15. The van der Waals surface area contributed by atoms with E-state index in [1.54, 1.807) is 0 Å². The first-order valence-electron chi connectivity index (χ1n) is 3.74. The number of pyridine rings is 1. The summed E-state index contributed by atoms with van der Waals surface area (Å²) in [5, 5.41) is 0. The van der Waals surface area contributed by atoms with Crippen molar-refractivity contribution in [2.24, 2.45) is 0 Å². The molecule has 3 nitrogen and oxygen atoms in total. The number of hydrogen-bond acceptors (Lipinski definition) is 2. The number of halogens is 3. The summed E-state index contributed by atoms with van der Waals surface area (Å²) in [4.78, 5) is 13.2. The number of aromatic nitrogens is 1. The Bertz CT molecular complexity index is 378. The monoisotopic (exact) mass is 223 g/mol. The van der Waals surface area contributed by atoms with Crippen molar-refractivity contribution in [1.29, 1.82) is 0 Å². The second kappa shape index (κ2) is 4.41. The third kappa shape index (κ3) is 2.04. The Kier molecular flexibility index (Phi) is 3.46. The molecule has 0 amide bonds. The zero-order chi connectivity index (χ0) is 10.7. The van der Waals surface area contributed by atoms with Crippen LogP contribution < -0.4 is 10.3 Å². The summed E-state index contributed by atoms with van der Waals surface area (Å²) in [6, 6.07) is 1.05. The molecule has 0 fully saturated rings. The summed E-state index contributed by atoms with van der Waals surface area (Å²) >= 11 is 5.49. The van der Waals surface area contributed by atoms with E-state index in [1.807, 2.05) is 0 Å². The molecule has 0 aromatic carbocycles. The molecule has 0 saturated carbocycles. The van der Waals surface area contributed by atoms with Gasteiger partial charge in [-0.15, -0.1) is 11.6 Å². The molecule has 0 atom stereocenters. The van der Waals surface area contributed by atoms with Crippen LogP contribution in [-0.4, -0.2) is 12.1 Å². The Balaban J connectivity index is 3.31. The van der Waals surface area contributed by atoms with Gasteiger partial charge in [0.1, 0.15) is 0 Å². The predicted molar refractivity (Wildman–Crippen MR) is 48.1 cm³/mol. The normalized spacial score (nSPS) is 10.6. The summed E-state index contributed by atoms with van der Waals surface area (Å²) in [6.07, 6.45) is -2.81. The summed E-state index contributed by atoms with van der Waals surface area (Å²) in [6.45, 7) is 0. The topological polar surface area (TPSA) is 42.1 Å². The van der Waals surface area contributed by atoms with Crippen LogP contribution in [0.3, 0.4) is 0 Å². The highest BCUT2D eigenvalue weighted by atomic mass is 35.5. The van der Waals surface area contributed by atoms with Crippen LogP contribution >= 0.6 is 11.6 Å². The van der Waals surface area contributed by atoms with Gasteiger partial charge in [-0.25, -0.2) is 8.78 Å². The van der Waals surface area contributed by atoms with Crippen molar-refractivity contribution < 1.29 is 13.5 Å². The predicted octanol–water partition coefficient (Wildman–Crippen LogP) is 2.06. The van der Waals surface area contributed by atoms with Crippen molar-refractivity contribution in [2.45, 2.75) is 12.3 Å². The molecule has 0 spiro atoms. The van der Waals surface area contributed by atoms with Gasteiger partial charge in [0.2, 0.25) is 0 Å². The zero-order valence-corrected chi connectivity index (χ0v) is 8.07. The summed E-state index contributed by atoms with van der Waals surface area (Å²) in [5.41, 5.74) is -1.11. The molecule has 1 aromatic rings. The Morgan fingerprint density at radius 2 is 2.29 bits per heavy atom. The van der Waals surface area contributed by atoms with E-state index >= 15 is 0 Å². The van der Waals surface area contributed by atoms with Crippen LogP contribution in [0.25, 0.3) is 0 Å². The third-order valence-corrected chi connectivity index (χ3v) is 1.98. The van der Waals surface area contributed by atoms with Crippen LogP contribution in [0.15, 0.2) is 10.9 Å². The second-order valence-electron chi connectivity index (χ2n) is 2.55. The van der Waals surface area contributed by atoms with Crippen LogP contribution in [0.4, 0.5) is 8.78 Å². The summed E-state index contributed by atoms with van der Waals surface area (Å²) in [5.74, 6) is 0.119. The molecule has 1 heterocycles. The minimum atomic E-state index is -2.81. The molecule has 0 aliphatic rings. The number of nitrogens with one attached hydrogen (secondary N) is 1. The Morgan fingerprint density at radius 3 is 2.71 bits per heavy atom.